The fourth-order valence-corrected chi connectivity index (χ4v) is 3.86. The number of thiazole rings is 1. The molecule has 3 rings (SSSR count). The SMILES string of the molecule is CCn1c(SCC(=O)Nc2nccs2)nnc1C(C)Oc1ccccc1C. The highest BCUT2D eigenvalue weighted by molar-refractivity contribution is 7.99. The second-order valence-electron chi connectivity index (χ2n) is 5.78. The molecule has 1 N–H and O–H groups in total. The van der Waals surface area contributed by atoms with Gasteiger partial charge in [-0.15, -0.1) is 21.5 Å². The van der Waals surface area contributed by atoms with Gasteiger partial charge in [-0.05, 0) is 32.4 Å². The molecule has 3 aromatic rings. The van der Waals surface area contributed by atoms with Crippen molar-refractivity contribution in [1.82, 2.24) is 19.7 Å². The normalized spacial score (nSPS) is 12.0. The van der Waals surface area contributed by atoms with Crippen molar-refractivity contribution in [2.75, 3.05) is 11.1 Å². The Kier molecular flexibility index (Phi) is 6.46. The van der Waals surface area contributed by atoms with E-state index in [1.807, 2.05) is 55.0 Å². The van der Waals surface area contributed by atoms with E-state index >= 15 is 0 Å². The predicted octanol–water partition coefficient (Wildman–Crippen LogP) is 3.93. The summed E-state index contributed by atoms with van der Waals surface area (Å²) in [4.78, 5) is 16.1. The molecule has 0 saturated heterocycles. The Balaban J connectivity index is 1.65. The number of aryl methyl sites for hydroxylation is 1. The minimum Gasteiger partial charge on any atom is -0.482 e. The maximum atomic E-state index is 12.1. The zero-order chi connectivity index (χ0) is 19.2. The fourth-order valence-electron chi connectivity index (χ4n) is 2.51. The average Bonchev–Trinajstić information content (AvgIpc) is 3.31. The van der Waals surface area contributed by atoms with Gasteiger partial charge >= 0.3 is 0 Å². The number of nitrogens with zero attached hydrogens (tertiary/aromatic N) is 4. The maximum Gasteiger partial charge on any atom is 0.236 e. The molecule has 1 aromatic carbocycles. The Bertz CT molecular complexity index is 895. The summed E-state index contributed by atoms with van der Waals surface area (Å²) in [5, 5.41) is 14.4. The first-order valence-electron chi connectivity index (χ1n) is 8.56. The second kappa shape index (κ2) is 9.01. The molecular weight excluding hydrogens is 382 g/mol. The lowest BCUT2D eigenvalue weighted by atomic mass is 10.2. The number of carbonyl (C=O) groups excluding carboxylic acids is 1. The molecule has 1 atom stereocenters. The van der Waals surface area contributed by atoms with Crippen LogP contribution in [-0.4, -0.2) is 31.4 Å². The van der Waals surface area contributed by atoms with Crippen molar-refractivity contribution >= 4 is 34.1 Å². The van der Waals surface area contributed by atoms with Crippen LogP contribution in [0.4, 0.5) is 5.13 Å². The summed E-state index contributed by atoms with van der Waals surface area (Å²) in [5.74, 6) is 1.69. The first kappa shape index (κ1) is 19.4. The number of anilines is 1. The summed E-state index contributed by atoms with van der Waals surface area (Å²) in [6.07, 6.45) is 1.40. The van der Waals surface area contributed by atoms with Gasteiger partial charge in [-0.2, -0.15) is 0 Å². The number of nitrogens with one attached hydrogen (secondary N) is 1. The molecule has 7 nitrogen and oxygen atoms in total. The van der Waals surface area contributed by atoms with Crippen LogP contribution in [0, 0.1) is 6.92 Å². The van der Waals surface area contributed by atoms with E-state index in [1.54, 1.807) is 6.20 Å². The van der Waals surface area contributed by atoms with Gasteiger partial charge in [-0.1, -0.05) is 30.0 Å². The van der Waals surface area contributed by atoms with Crippen LogP contribution in [0.1, 0.15) is 31.3 Å². The van der Waals surface area contributed by atoms with E-state index in [2.05, 4.69) is 20.5 Å². The largest absolute Gasteiger partial charge is 0.482 e. The Labute approximate surface area is 166 Å². The topological polar surface area (TPSA) is 81.9 Å². The summed E-state index contributed by atoms with van der Waals surface area (Å²) < 4.78 is 8.04. The molecule has 1 amide bonds. The Morgan fingerprint density at radius 1 is 1.37 bits per heavy atom. The van der Waals surface area contributed by atoms with Crippen molar-refractivity contribution < 1.29 is 9.53 Å². The van der Waals surface area contributed by atoms with Gasteiger partial charge in [0.15, 0.2) is 22.2 Å². The molecule has 142 valence electrons. The van der Waals surface area contributed by atoms with E-state index in [1.165, 1.54) is 23.1 Å². The summed E-state index contributed by atoms with van der Waals surface area (Å²) in [6, 6.07) is 7.88. The molecule has 27 heavy (non-hydrogen) atoms. The molecule has 2 aromatic heterocycles. The molecular formula is C18H21N5O2S2. The lowest BCUT2D eigenvalue weighted by Crippen LogP contribution is -2.15. The van der Waals surface area contributed by atoms with Crippen LogP contribution < -0.4 is 10.1 Å². The van der Waals surface area contributed by atoms with Gasteiger partial charge in [-0.3, -0.25) is 4.79 Å². The molecule has 0 aliphatic heterocycles. The zero-order valence-electron chi connectivity index (χ0n) is 15.4. The number of hydrogen-bond donors (Lipinski definition) is 1. The summed E-state index contributed by atoms with van der Waals surface area (Å²) in [7, 11) is 0. The highest BCUT2D eigenvalue weighted by Gasteiger charge is 2.20. The number of benzene rings is 1. The molecule has 0 fully saturated rings. The van der Waals surface area contributed by atoms with Crippen LogP contribution in [0.25, 0.3) is 0 Å². The molecule has 0 saturated carbocycles. The molecule has 0 radical (unpaired) electrons. The average molecular weight is 404 g/mol. The van der Waals surface area contributed by atoms with E-state index < -0.39 is 0 Å². The maximum absolute atomic E-state index is 12.1. The number of ether oxygens (including phenoxy) is 1. The molecule has 0 aliphatic carbocycles. The first-order valence-corrected chi connectivity index (χ1v) is 10.4. The van der Waals surface area contributed by atoms with Gasteiger partial charge in [0.2, 0.25) is 5.91 Å². The molecule has 2 heterocycles. The summed E-state index contributed by atoms with van der Waals surface area (Å²) >= 11 is 2.74. The van der Waals surface area contributed by atoms with Crippen molar-refractivity contribution in [3.05, 3.63) is 47.2 Å². The highest BCUT2D eigenvalue weighted by atomic mass is 32.2. The number of hydrogen-bond acceptors (Lipinski definition) is 7. The number of carbonyl (C=O) groups is 1. The molecule has 0 spiro atoms. The standard InChI is InChI=1S/C18H21N5O2S2/c1-4-23-16(13(3)25-14-8-6-5-7-12(14)2)21-22-18(23)27-11-15(24)20-17-19-9-10-26-17/h5-10,13H,4,11H2,1-3H3,(H,19,20,24). The summed E-state index contributed by atoms with van der Waals surface area (Å²) in [5.41, 5.74) is 1.07. The van der Waals surface area contributed by atoms with E-state index in [-0.39, 0.29) is 17.8 Å². The minimum absolute atomic E-state index is 0.119. The van der Waals surface area contributed by atoms with Gasteiger partial charge in [-0.25, -0.2) is 4.98 Å². The van der Waals surface area contributed by atoms with Crippen LogP contribution in [0.2, 0.25) is 0 Å². The fraction of sp³-hybridized carbons (Fsp3) is 0.333. The minimum atomic E-state index is -0.253. The molecule has 9 heteroatoms. The lowest BCUT2D eigenvalue weighted by Gasteiger charge is -2.16. The number of amides is 1. The van der Waals surface area contributed by atoms with E-state index in [9.17, 15) is 4.79 Å². The van der Waals surface area contributed by atoms with Crippen LogP contribution in [-0.2, 0) is 11.3 Å². The third kappa shape index (κ3) is 4.86. The van der Waals surface area contributed by atoms with Crippen molar-refractivity contribution in [3.8, 4) is 5.75 Å². The summed E-state index contributed by atoms with van der Waals surface area (Å²) in [6.45, 7) is 6.68. The van der Waals surface area contributed by atoms with Crippen molar-refractivity contribution in [1.29, 1.82) is 0 Å². The van der Waals surface area contributed by atoms with E-state index in [4.69, 9.17) is 4.74 Å². The van der Waals surface area contributed by atoms with Crippen LogP contribution >= 0.6 is 23.1 Å². The monoisotopic (exact) mass is 403 g/mol. The second-order valence-corrected chi connectivity index (χ2v) is 7.62. The van der Waals surface area contributed by atoms with Gasteiger partial charge in [0.25, 0.3) is 0 Å². The lowest BCUT2D eigenvalue weighted by molar-refractivity contribution is -0.113. The van der Waals surface area contributed by atoms with Gasteiger partial charge in [0.05, 0.1) is 5.75 Å². The van der Waals surface area contributed by atoms with Crippen LogP contribution in [0.5, 0.6) is 5.75 Å². The first-order chi connectivity index (χ1) is 13.1. The van der Waals surface area contributed by atoms with Gasteiger partial charge < -0.3 is 14.6 Å². The van der Waals surface area contributed by atoms with Crippen molar-refractivity contribution in [3.63, 3.8) is 0 Å². The number of thioether (sulfide) groups is 1. The molecule has 1 unspecified atom stereocenters. The third-order valence-electron chi connectivity index (χ3n) is 3.83. The van der Waals surface area contributed by atoms with Crippen molar-refractivity contribution in [2.24, 2.45) is 0 Å². The smallest absolute Gasteiger partial charge is 0.236 e. The zero-order valence-corrected chi connectivity index (χ0v) is 17.0. The van der Waals surface area contributed by atoms with Gasteiger partial charge in [0, 0.05) is 18.1 Å². The molecule has 0 bridgehead atoms. The quantitative estimate of drug-likeness (QED) is 0.574. The number of rotatable bonds is 8. The van der Waals surface area contributed by atoms with E-state index in [0.29, 0.717) is 16.8 Å². The van der Waals surface area contributed by atoms with Crippen molar-refractivity contribution in [2.45, 2.75) is 38.6 Å². The third-order valence-corrected chi connectivity index (χ3v) is 5.49. The van der Waals surface area contributed by atoms with E-state index in [0.717, 1.165) is 17.1 Å². The van der Waals surface area contributed by atoms with Crippen LogP contribution in [0.15, 0.2) is 41.0 Å². The Hall–Kier alpha value is -2.39. The van der Waals surface area contributed by atoms with Gasteiger partial charge in [0.1, 0.15) is 5.75 Å². The highest BCUT2D eigenvalue weighted by Crippen LogP contribution is 2.26. The van der Waals surface area contributed by atoms with Crippen LogP contribution in [0.3, 0.4) is 0 Å². The Morgan fingerprint density at radius 2 is 2.19 bits per heavy atom. The predicted molar refractivity (Wildman–Crippen MR) is 107 cm³/mol. The molecule has 0 aliphatic rings. The number of para-hydroxylation sites is 1. The Morgan fingerprint density at radius 3 is 2.89 bits per heavy atom. The number of aromatic nitrogens is 4.